The zero-order chi connectivity index (χ0) is 15.6. The molecular formula is C14H10BrClF2NO2Y-. The number of benzene rings is 1. The zero-order valence-corrected chi connectivity index (χ0v) is 16.6. The van der Waals surface area contributed by atoms with Gasteiger partial charge in [0.2, 0.25) is 5.56 Å². The molecular weight excluding hydrogens is 456 g/mol. The first-order valence-electron chi connectivity index (χ1n) is 5.87. The Bertz CT molecular complexity index is 724. The second-order valence-corrected chi connectivity index (χ2v) is 5.40. The second-order valence-electron chi connectivity index (χ2n) is 4.14. The van der Waals surface area contributed by atoms with Crippen LogP contribution in [-0.2, 0) is 39.3 Å². The van der Waals surface area contributed by atoms with E-state index in [1.807, 2.05) is 0 Å². The Morgan fingerprint density at radius 1 is 1.45 bits per heavy atom. The summed E-state index contributed by atoms with van der Waals surface area (Å²) in [5.74, 6) is 0.599. The van der Waals surface area contributed by atoms with Gasteiger partial charge in [-0.2, -0.15) is 23.7 Å². The molecule has 0 bridgehead atoms. The number of aromatic nitrogens is 1. The molecule has 1 radical (unpaired) electrons. The van der Waals surface area contributed by atoms with Crippen LogP contribution in [0.3, 0.4) is 0 Å². The molecule has 22 heavy (non-hydrogen) atoms. The maximum absolute atomic E-state index is 12.7. The molecule has 2 aromatic rings. The van der Waals surface area contributed by atoms with Crippen LogP contribution in [0.2, 0.25) is 5.02 Å². The van der Waals surface area contributed by atoms with Crippen molar-refractivity contribution in [3.8, 4) is 17.0 Å². The molecule has 0 aliphatic rings. The van der Waals surface area contributed by atoms with E-state index >= 15 is 0 Å². The van der Waals surface area contributed by atoms with E-state index in [2.05, 4.69) is 22.0 Å². The summed E-state index contributed by atoms with van der Waals surface area (Å²) in [7, 11) is 1.52. The SMILES string of the molecule is COc1ccc(-c2[c-]cc(Cl)c(=O)n2CC(F)F)c(Br)c1.[Y]. The summed E-state index contributed by atoms with van der Waals surface area (Å²) in [6.07, 6.45) is -2.68. The van der Waals surface area contributed by atoms with E-state index in [4.69, 9.17) is 16.3 Å². The van der Waals surface area contributed by atoms with Crippen LogP contribution in [0, 0.1) is 6.07 Å². The molecule has 1 aromatic carbocycles. The molecule has 3 nitrogen and oxygen atoms in total. The van der Waals surface area contributed by atoms with Crippen LogP contribution in [0.5, 0.6) is 5.75 Å². The van der Waals surface area contributed by atoms with Gasteiger partial charge in [-0.15, -0.1) is 6.07 Å². The number of alkyl halides is 2. The molecule has 1 heterocycles. The number of nitrogens with zero attached hydrogens (tertiary/aromatic N) is 1. The normalized spacial score (nSPS) is 10.5. The number of rotatable bonds is 4. The maximum atomic E-state index is 12.7. The van der Waals surface area contributed by atoms with E-state index in [1.165, 1.54) is 13.2 Å². The molecule has 0 spiro atoms. The topological polar surface area (TPSA) is 31.2 Å². The quantitative estimate of drug-likeness (QED) is 0.638. The van der Waals surface area contributed by atoms with Crippen molar-refractivity contribution in [1.82, 2.24) is 4.57 Å². The van der Waals surface area contributed by atoms with Crippen molar-refractivity contribution in [1.29, 1.82) is 0 Å². The Hall–Kier alpha value is -0.296. The summed E-state index contributed by atoms with van der Waals surface area (Å²) in [5.41, 5.74) is 0.109. The van der Waals surface area contributed by atoms with Crippen molar-refractivity contribution in [2.75, 3.05) is 7.11 Å². The Morgan fingerprint density at radius 2 is 2.14 bits per heavy atom. The van der Waals surface area contributed by atoms with Gasteiger partial charge in [-0.25, -0.2) is 8.78 Å². The molecule has 0 saturated carbocycles. The largest absolute Gasteiger partial charge is 0.497 e. The van der Waals surface area contributed by atoms with Crippen LogP contribution in [-0.4, -0.2) is 18.1 Å². The Kier molecular flexibility index (Phi) is 7.65. The van der Waals surface area contributed by atoms with Gasteiger partial charge < -0.3 is 9.30 Å². The minimum absolute atomic E-state index is 0. The molecule has 0 N–H and O–H groups in total. The molecule has 0 atom stereocenters. The van der Waals surface area contributed by atoms with Gasteiger partial charge >= 0.3 is 0 Å². The monoisotopic (exact) mass is 465 g/mol. The molecule has 0 fully saturated rings. The first-order valence-corrected chi connectivity index (χ1v) is 7.04. The molecule has 1 aromatic heterocycles. The van der Waals surface area contributed by atoms with Gasteiger partial charge in [0.25, 0.3) is 6.43 Å². The van der Waals surface area contributed by atoms with Gasteiger partial charge in [0.05, 0.1) is 13.7 Å². The van der Waals surface area contributed by atoms with Crippen LogP contribution >= 0.6 is 27.5 Å². The van der Waals surface area contributed by atoms with Crippen molar-refractivity contribution < 1.29 is 46.2 Å². The van der Waals surface area contributed by atoms with Gasteiger partial charge in [0, 0.05) is 37.7 Å². The molecule has 2 rings (SSSR count). The standard InChI is InChI=1S/C14H10BrClF2NO2.Y/c1-21-8-2-3-9(10(15)6-8)12-5-4-11(16)14(20)19(12)7-13(17)18;/h2-4,6,13H,7H2,1H3;/q-1;. The predicted molar refractivity (Wildman–Crippen MR) is 80.2 cm³/mol. The van der Waals surface area contributed by atoms with Gasteiger partial charge in [0.15, 0.2) is 0 Å². The minimum Gasteiger partial charge on any atom is -0.497 e. The van der Waals surface area contributed by atoms with Crippen molar-refractivity contribution in [3.05, 3.63) is 50.2 Å². The minimum atomic E-state index is -2.68. The number of methoxy groups -OCH3 is 1. The van der Waals surface area contributed by atoms with E-state index in [9.17, 15) is 13.6 Å². The fourth-order valence-corrected chi connectivity index (χ4v) is 2.55. The third kappa shape index (κ3) is 4.37. The first-order chi connectivity index (χ1) is 9.93. The summed E-state index contributed by atoms with van der Waals surface area (Å²) < 4.78 is 32.0. The summed E-state index contributed by atoms with van der Waals surface area (Å²) in [4.78, 5) is 12.0. The van der Waals surface area contributed by atoms with Gasteiger partial charge in [-0.05, 0) is 16.6 Å². The summed E-state index contributed by atoms with van der Waals surface area (Å²) in [6.45, 7) is -0.746. The van der Waals surface area contributed by atoms with Crippen LogP contribution in [0.1, 0.15) is 0 Å². The molecule has 0 aliphatic carbocycles. The van der Waals surface area contributed by atoms with Crippen molar-refractivity contribution >= 4 is 27.5 Å². The second kappa shape index (κ2) is 8.53. The Balaban J connectivity index is 0.00000242. The van der Waals surface area contributed by atoms with Gasteiger partial charge in [0.1, 0.15) is 5.75 Å². The summed E-state index contributed by atoms with van der Waals surface area (Å²) >= 11 is 9.04. The van der Waals surface area contributed by atoms with E-state index in [0.717, 1.165) is 4.57 Å². The average Bonchev–Trinajstić information content (AvgIpc) is 2.44. The summed E-state index contributed by atoms with van der Waals surface area (Å²) in [5, 5.41) is -0.149. The number of hydrogen-bond acceptors (Lipinski definition) is 2. The number of pyridine rings is 1. The fourth-order valence-electron chi connectivity index (χ4n) is 1.85. The summed E-state index contributed by atoms with van der Waals surface area (Å²) in [6, 6.07) is 9.05. The van der Waals surface area contributed by atoms with Gasteiger partial charge in [-0.1, -0.05) is 27.2 Å². The van der Waals surface area contributed by atoms with Crippen LogP contribution in [0.25, 0.3) is 11.3 Å². The van der Waals surface area contributed by atoms with Gasteiger partial charge in [-0.3, -0.25) is 4.79 Å². The van der Waals surface area contributed by atoms with Crippen LogP contribution in [0.4, 0.5) is 8.78 Å². The zero-order valence-electron chi connectivity index (χ0n) is 11.4. The Labute approximate surface area is 164 Å². The number of halogens is 4. The third-order valence-electron chi connectivity index (χ3n) is 2.81. The van der Waals surface area contributed by atoms with E-state index in [1.54, 1.807) is 18.2 Å². The van der Waals surface area contributed by atoms with Crippen molar-refractivity contribution in [2.24, 2.45) is 0 Å². The average molecular weight is 466 g/mol. The molecule has 0 aliphatic heterocycles. The number of ether oxygens (including phenoxy) is 1. The molecule has 0 saturated heterocycles. The third-order valence-corrected chi connectivity index (χ3v) is 3.73. The van der Waals surface area contributed by atoms with Crippen molar-refractivity contribution in [3.63, 3.8) is 0 Å². The van der Waals surface area contributed by atoms with Crippen molar-refractivity contribution in [2.45, 2.75) is 13.0 Å². The molecule has 0 unspecified atom stereocenters. The maximum Gasteiger partial charge on any atom is 0.256 e. The predicted octanol–water partition coefficient (Wildman–Crippen LogP) is 4.00. The van der Waals surface area contributed by atoms with E-state index in [0.29, 0.717) is 15.8 Å². The van der Waals surface area contributed by atoms with Crippen LogP contribution in [0.15, 0.2) is 33.5 Å². The van der Waals surface area contributed by atoms with E-state index in [-0.39, 0.29) is 43.4 Å². The molecule has 0 amide bonds. The smallest absolute Gasteiger partial charge is 0.256 e. The Morgan fingerprint density at radius 3 is 2.68 bits per heavy atom. The first kappa shape index (κ1) is 19.7. The van der Waals surface area contributed by atoms with Crippen LogP contribution < -0.4 is 10.3 Å². The fraction of sp³-hybridized carbons (Fsp3) is 0.214. The molecule has 8 heteroatoms. The van der Waals surface area contributed by atoms with E-state index < -0.39 is 18.5 Å². The number of hydrogen-bond donors (Lipinski definition) is 0. The molecule has 115 valence electrons.